The number of carbonyl (C=O) groups is 2. The summed E-state index contributed by atoms with van der Waals surface area (Å²) in [6.07, 6.45) is 0. The summed E-state index contributed by atoms with van der Waals surface area (Å²) in [5, 5.41) is 2.53. The molecule has 1 rings (SSSR count). The van der Waals surface area contributed by atoms with E-state index in [9.17, 15) is 9.59 Å². The minimum absolute atomic E-state index is 0.0975. The van der Waals surface area contributed by atoms with Gasteiger partial charge in [0.05, 0.1) is 6.54 Å². The van der Waals surface area contributed by atoms with Crippen LogP contribution < -0.4 is 11.1 Å². The van der Waals surface area contributed by atoms with Crippen LogP contribution in [0.4, 0.5) is 0 Å². The summed E-state index contributed by atoms with van der Waals surface area (Å²) in [6, 6.07) is 3.06. The first-order valence-electron chi connectivity index (χ1n) is 3.72. The molecular formula is C8H10N2O3. The van der Waals surface area contributed by atoms with Crippen molar-refractivity contribution in [2.75, 3.05) is 0 Å². The molecule has 1 heterocycles. The van der Waals surface area contributed by atoms with E-state index in [1.54, 1.807) is 6.07 Å². The Morgan fingerprint density at radius 1 is 1.54 bits per heavy atom. The molecule has 1 aromatic heterocycles. The molecule has 5 nitrogen and oxygen atoms in total. The summed E-state index contributed by atoms with van der Waals surface area (Å²) in [5.41, 5.74) is 4.96. The lowest BCUT2D eigenvalue weighted by Gasteiger charge is -1.96. The Morgan fingerprint density at radius 2 is 2.23 bits per heavy atom. The Hall–Kier alpha value is -1.78. The highest BCUT2D eigenvalue weighted by molar-refractivity contribution is 5.89. The van der Waals surface area contributed by atoms with Gasteiger partial charge in [-0.25, -0.2) is 0 Å². The topological polar surface area (TPSA) is 85.3 Å². The molecule has 0 saturated heterocycles. The number of nitrogens with two attached hydrogens (primary N) is 1. The van der Waals surface area contributed by atoms with Crippen molar-refractivity contribution < 1.29 is 14.0 Å². The predicted octanol–water partition coefficient (Wildman–Crippen LogP) is 0.0146. The molecule has 0 spiro atoms. The van der Waals surface area contributed by atoms with Gasteiger partial charge in [-0.05, 0) is 12.1 Å². The molecule has 0 aliphatic rings. The van der Waals surface area contributed by atoms with E-state index in [0.29, 0.717) is 5.76 Å². The molecule has 0 saturated carbocycles. The average Bonchev–Trinajstić information content (AvgIpc) is 2.48. The van der Waals surface area contributed by atoms with Gasteiger partial charge in [0.1, 0.15) is 5.76 Å². The van der Waals surface area contributed by atoms with Crippen LogP contribution in [0.15, 0.2) is 16.5 Å². The van der Waals surface area contributed by atoms with Crippen LogP contribution in [0.2, 0.25) is 0 Å². The standard InChI is InChI=1S/C8H10N2O3/c1-5(11)10-4-6-2-3-7(13-6)8(9)12/h2-3H,4H2,1H3,(H2,9,12)(H,10,11). The van der Waals surface area contributed by atoms with Gasteiger partial charge < -0.3 is 15.5 Å². The smallest absolute Gasteiger partial charge is 0.284 e. The first-order chi connectivity index (χ1) is 6.09. The van der Waals surface area contributed by atoms with E-state index in [1.165, 1.54) is 13.0 Å². The second-order valence-electron chi connectivity index (χ2n) is 2.54. The minimum Gasteiger partial charge on any atom is -0.454 e. The third kappa shape index (κ3) is 2.62. The first kappa shape index (κ1) is 9.31. The summed E-state index contributed by atoms with van der Waals surface area (Å²) in [4.78, 5) is 21.1. The van der Waals surface area contributed by atoms with E-state index >= 15 is 0 Å². The monoisotopic (exact) mass is 182 g/mol. The first-order valence-corrected chi connectivity index (χ1v) is 3.72. The molecule has 5 heteroatoms. The van der Waals surface area contributed by atoms with E-state index in [1.807, 2.05) is 0 Å². The van der Waals surface area contributed by atoms with Crippen molar-refractivity contribution in [3.63, 3.8) is 0 Å². The molecular weight excluding hydrogens is 172 g/mol. The van der Waals surface area contributed by atoms with Crippen molar-refractivity contribution in [3.8, 4) is 0 Å². The van der Waals surface area contributed by atoms with Gasteiger partial charge in [0.25, 0.3) is 5.91 Å². The highest BCUT2D eigenvalue weighted by Crippen LogP contribution is 2.06. The molecule has 0 fully saturated rings. The number of furan rings is 1. The molecule has 1 aromatic rings. The van der Waals surface area contributed by atoms with Crippen molar-refractivity contribution in [2.45, 2.75) is 13.5 Å². The Labute approximate surface area is 74.9 Å². The third-order valence-electron chi connectivity index (χ3n) is 1.42. The summed E-state index contributed by atoms with van der Waals surface area (Å²) in [7, 11) is 0. The molecule has 0 bridgehead atoms. The number of rotatable bonds is 3. The van der Waals surface area contributed by atoms with Gasteiger partial charge in [-0.1, -0.05) is 0 Å². The number of amides is 2. The van der Waals surface area contributed by atoms with Crippen LogP contribution in [0.3, 0.4) is 0 Å². The average molecular weight is 182 g/mol. The molecule has 70 valence electrons. The van der Waals surface area contributed by atoms with E-state index in [-0.39, 0.29) is 18.2 Å². The van der Waals surface area contributed by atoms with Crippen LogP contribution >= 0.6 is 0 Å². The highest BCUT2D eigenvalue weighted by atomic mass is 16.4. The molecule has 3 N–H and O–H groups in total. The lowest BCUT2D eigenvalue weighted by Crippen LogP contribution is -2.18. The number of nitrogens with one attached hydrogen (secondary N) is 1. The fourth-order valence-corrected chi connectivity index (χ4v) is 0.817. The van der Waals surface area contributed by atoms with Gasteiger partial charge >= 0.3 is 0 Å². The van der Waals surface area contributed by atoms with Crippen LogP contribution in [0.1, 0.15) is 23.2 Å². The molecule has 13 heavy (non-hydrogen) atoms. The normalized spacial score (nSPS) is 9.62. The van der Waals surface area contributed by atoms with Gasteiger partial charge in [0, 0.05) is 6.92 Å². The maximum absolute atomic E-state index is 10.6. The molecule has 0 aliphatic heterocycles. The van der Waals surface area contributed by atoms with E-state index in [2.05, 4.69) is 5.32 Å². The summed E-state index contributed by atoms with van der Waals surface area (Å²) in [6.45, 7) is 1.67. The fourth-order valence-electron chi connectivity index (χ4n) is 0.817. The second kappa shape index (κ2) is 3.75. The zero-order chi connectivity index (χ0) is 9.84. The van der Waals surface area contributed by atoms with Crippen molar-refractivity contribution in [3.05, 3.63) is 23.7 Å². The van der Waals surface area contributed by atoms with Gasteiger partial charge in [-0.15, -0.1) is 0 Å². The Morgan fingerprint density at radius 3 is 2.69 bits per heavy atom. The van der Waals surface area contributed by atoms with E-state index in [4.69, 9.17) is 10.2 Å². The van der Waals surface area contributed by atoms with Crippen LogP contribution in [0.25, 0.3) is 0 Å². The molecule has 0 radical (unpaired) electrons. The predicted molar refractivity (Wildman–Crippen MR) is 44.7 cm³/mol. The second-order valence-corrected chi connectivity index (χ2v) is 2.54. The molecule has 0 unspecified atom stereocenters. The number of primary amides is 1. The highest BCUT2D eigenvalue weighted by Gasteiger charge is 2.06. The van der Waals surface area contributed by atoms with Crippen LogP contribution in [0.5, 0.6) is 0 Å². The molecule has 0 atom stereocenters. The number of hydrogen-bond donors (Lipinski definition) is 2. The van der Waals surface area contributed by atoms with E-state index in [0.717, 1.165) is 0 Å². The maximum atomic E-state index is 10.6. The summed E-state index contributed by atoms with van der Waals surface area (Å²) in [5.74, 6) is -0.171. The zero-order valence-electron chi connectivity index (χ0n) is 7.16. The summed E-state index contributed by atoms with van der Waals surface area (Å²) < 4.78 is 5.01. The van der Waals surface area contributed by atoms with Crippen molar-refractivity contribution in [1.82, 2.24) is 5.32 Å². The Balaban J connectivity index is 2.59. The summed E-state index contributed by atoms with van der Waals surface area (Å²) >= 11 is 0. The van der Waals surface area contributed by atoms with Crippen LogP contribution in [-0.2, 0) is 11.3 Å². The van der Waals surface area contributed by atoms with Crippen molar-refractivity contribution in [2.24, 2.45) is 5.73 Å². The van der Waals surface area contributed by atoms with Crippen LogP contribution in [-0.4, -0.2) is 11.8 Å². The lowest BCUT2D eigenvalue weighted by molar-refractivity contribution is -0.119. The fraction of sp³-hybridized carbons (Fsp3) is 0.250. The molecule has 0 aromatic carbocycles. The van der Waals surface area contributed by atoms with Gasteiger partial charge in [0.15, 0.2) is 5.76 Å². The zero-order valence-corrected chi connectivity index (χ0v) is 7.16. The Bertz CT molecular complexity index is 330. The van der Waals surface area contributed by atoms with Gasteiger partial charge in [0.2, 0.25) is 5.91 Å². The van der Waals surface area contributed by atoms with Crippen LogP contribution in [0, 0.1) is 0 Å². The Kier molecular flexibility index (Phi) is 2.69. The number of hydrogen-bond acceptors (Lipinski definition) is 3. The van der Waals surface area contributed by atoms with Gasteiger partial charge in [-0.2, -0.15) is 0 Å². The van der Waals surface area contributed by atoms with E-state index < -0.39 is 5.91 Å². The quantitative estimate of drug-likeness (QED) is 0.690. The third-order valence-corrected chi connectivity index (χ3v) is 1.42. The largest absolute Gasteiger partial charge is 0.454 e. The maximum Gasteiger partial charge on any atom is 0.284 e. The number of carbonyl (C=O) groups excluding carboxylic acids is 2. The SMILES string of the molecule is CC(=O)NCc1ccc(C(N)=O)o1. The van der Waals surface area contributed by atoms with Gasteiger partial charge in [-0.3, -0.25) is 9.59 Å². The lowest BCUT2D eigenvalue weighted by atomic mass is 10.4. The van der Waals surface area contributed by atoms with Crippen molar-refractivity contribution >= 4 is 11.8 Å². The van der Waals surface area contributed by atoms with Crippen molar-refractivity contribution in [1.29, 1.82) is 0 Å². The molecule has 0 aliphatic carbocycles. The minimum atomic E-state index is -0.617. The molecule has 2 amide bonds.